The molecule has 4 nitrogen and oxygen atoms in total. The van der Waals surface area contributed by atoms with Crippen LogP contribution in [0.2, 0.25) is 0 Å². The van der Waals surface area contributed by atoms with E-state index in [1.165, 1.54) is 0 Å². The first-order valence-electron chi connectivity index (χ1n) is 6.19. The Bertz CT molecular complexity index is 345. The number of carbonyl (C=O) groups is 1. The van der Waals surface area contributed by atoms with Crippen molar-refractivity contribution in [1.82, 2.24) is 15.2 Å². The second-order valence-electron chi connectivity index (χ2n) is 4.42. The number of carbonyl (C=O) groups excluding carboxylic acids is 1. The molecule has 1 aromatic rings. The number of ketones is 1. The monoisotopic (exact) mass is 233 g/mol. The third-order valence-corrected chi connectivity index (χ3v) is 2.94. The van der Waals surface area contributed by atoms with Gasteiger partial charge in [-0.25, -0.2) is 0 Å². The Kier molecular flexibility index (Phi) is 4.64. The highest BCUT2D eigenvalue weighted by atomic mass is 16.1. The lowest BCUT2D eigenvalue weighted by atomic mass is 10.2. The van der Waals surface area contributed by atoms with E-state index in [0.717, 1.165) is 38.3 Å². The third-order valence-electron chi connectivity index (χ3n) is 2.94. The van der Waals surface area contributed by atoms with Gasteiger partial charge in [-0.05, 0) is 31.6 Å². The van der Waals surface area contributed by atoms with E-state index in [1.807, 2.05) is 18.2 Å². The second-order valence-corrected chi connectivity index (χ2v) is 4.42. The molecule has 0 aliphatic carbocycles. The van der Waals surface area contributed by atoms with Crippen molar-refractivity contribution in [3.05, 3.63) is 30.1 Å². The Morgan fingerprint density at radius 2 is 2.29 bits per heavy atom. The van der Waals surface area contributed by atoms with Crippen LogP contribution in [0.4, 0.5) is 0 Å². The molecule has 92 valence electrons. The van der Waals surface area contributed by atoms with Gasteiger partial charge in [0.05, 0.1) is 13.0 Å². The van der Waals surface area contributed by atoms with Crippen LogP contribution in [0.15, 0.2) is 24.4 Å². The Balaban J connectivity index is 1.80. The molecule has 0 spiro atoms. The minimum atomic E-state index is 0.255. The topological polar surface area (TPSA) is 45.2 Å². The molecule has 1 N–H and O–H groups in total. The Labute approximate surface area is 102 Å². The smallest absolute Gasteiger partial charge is 0.152 e. The molecule has 0 saturated carbocycles. The summed E-state index contributed by atoms with van der Waals surface area (Å²) in [6.45, 7) is 4.58. The van der Waals surface area contributed by atoms with Crippen LogP contribution in [0.3, 0.4) is 0 Å². The van der Waals surface area contributed by atoms with E-state index in [9.17, 15) is 4.79 Å². The predicted octanol–water partition coefficient (Wildman–Crippen LogP) is 0.488. The number of hydrogen-bond donors (Lipinski definition) is 1. The van der Waals surface area contributed by atoms with Gasteiger partial charge >= 0.3 is 0 Å². The van der Waals surface area contributed by atoms with Crippen LogP contribution in [0.1, 0.15) is 12.1 Å². The number of nitrogens with zero attached hydrogens (tertiary/aromatic N) is 2. The normalized spacial score (nSPS) is 17.6. The van der Waals surface area contributed by atoms with Gasteiger partial charge in [0.2, 0.25) is 0 Å². The summed E-state index contributed by atoms with van der Waals surface area (Å²) in [6.07, 6.45) is 3.31. The number of nitrogens with one attached hydrogen (secondary N) is 1. The van der Waals surface area contributed by atoms with Crippen molar-refractivity contribution in [2.45, 2.75) is 12.8 Å². The molecule has 0 atom stereocenters. The molecule has 1 aromatic heterocycles. The van der Waals surface area contributed by atoms with Gasteiger partial charge < -0.3 is 5.32 Å². The molecule has 0 radical (unpaired) electrons. The standard InChI is InChI=1S/C13H19N3O/c17-13(10-12-4-1-2-6-15-12)11-16-8-3-5-14-7-9-16/h1-2,4,6,14H,3,5,7-11H2. The van der Waals surface area contributed by atoms with Gasteiger partial charge in [-0.3, -0.25) is 14.7 Å². The third kappa shape index (κ3) is 4.24. The van der Waals surface area contributed by atoms with Crippen LogP contribution in [-0.2, 0) is 11.2 Å². The maximum absolute atomic E-state index is 11.9. The molecule has 0 bridgehead atoms. The molecule has 0 amide bonds. The fourth-order valence-corrected chi connectivity index (χ4v) is 2.07. The summed E-state index contributed by atoms with van der Waals surface area (Å²) in [6, 6.07) is 5.70. The fourth-order valence-electron chi connectivity index (χ4n) is 2.07. The van der Waals surface area contributed by atoms with Crippen LogP contribution in [-0.4, -0.2) is 48.4 Å². The molecule has 1 aliphatic rings. The lowest BCUT2D eigenvalue weighted by Crippen LogP contribution is -2.33. The van der Waals surface area contributed by atoms with E-state index < -0.39 is 0 Å². The molecular formula is C13H19N3O. The lowest BCUT2D eigenvalue weighted by Gasteiger charge is -2.18. The lowest BCUT2D eigenvalue weighted by molar-refractivity contribution is -0.119. The number of aromatic nitrogens is 1. The molecule has 2 rings (SSSR count). The van der Waals surface area contributed by atoms with Crippen LogP contribution in [0.5, 0.6) is 0 Å². The average Bonchev–Trinajstić information content (AvgIpc) is 2.59. The first-order chi connectivity index (χ1) is 8.34. The molecule has 17 heavy (non-hydrogen) atoms. The fraction of sp³-hybridized carbons (Fsp3) is 0.538. The number of rotatable bonds is 4. The molecule has 4 heteroatoms. The summed E-state index contributed by atoms with van der Waals surface area (Å²) in [5, 5.41) is 3.33. The molecule has 0 aromatic carbocycles. The van der Waals surface area contributed by atoms with Gasteiger partial charge in [0, 0.05) is 25.0 Å². The highest BCUT2D eigenvalue weighted by Gasteiger charge is 2.13. The van der Waals surface area contributed by atoms with Gasteiger partial charge in [0.25, 0.3) is 0 Å². The Morgan fingerprint density at radius 1 is 1.35 bits per heavy atom. The van der Waals surface area contributed by atoms with Crippen molar-refractivity contribution in [1.29, 1.82) is 0 Å². The minimum absolute atomic E-state index is 0.255. The second kappa shape index (κ2) is 6.47. The van der Waals surface area contributed by atoms with Crippen molar-refractivity contribution >= 4 is 5.78 Å². The van der Waals surface area contributed by atoms with Crippen molar-refractivity contribution in [3.63, 3.8) is 0 Å². The van der Waals surface area contributed by atoms with Crippen molar-refractivity contribution in [2.75, 3.05) is 32.7 Å². The van der Waals surface area contributed by atoms with E-state index >= 15 is 0 Å². The van der Waals surface area contributed by atoms with Crippen molar-refractivity contribution in [2.24, 2.45) is 0 Å². The summed E-state index contributed by atoms with van der Waals surface area (Å²) in [4.78, 5) is 18.3. The highest BCUT2D eigenvalue weighted by molar-refractivity contribution is 5.82. The minimum Gasteiger partial charge on any atom is -0.315 e. The summed E-state index contributed by atoms with van der Waals surface area (Å²) < 4.78 is 0. The molecule has 2 heterocycles. The maximum Gasteiger partial charge on any atom is 0.152 e. The number of Topliss-reactive ketones (excluding diaryl/α,β-unsaturated/α-hetero) is 1. The van der Waals surface area contributed by atoms with E-state index in [0.29, 0.717) is 13.0 Å². The quantitative estimate of drug-likeness (QED) is 0.822. The van der Waals surface area contributed by atoms with Crippen molar-refractivity contribution in [3.8, 4) is 0 Å². The Morgan fingerprint density at radius 3 is 3.12 bits per heavy atom. The zero-order valence-corrected chi connectivity index (χ0v) is 10.1. The SMILES string of the molecule is O=C(Cc1ccccn1)CN1CCCNCC1. The summed E-state index contributed by atoms with van der Waals surface area (Å²) in [5.41, 5.74) is 0.866. The van der Waals surface area contributed by atoms with Gasteiger partial charge in [0.1, 0.15) is 0 Å². The van der Waals surface area contributed by atoms with Gasteiger partial charge in [0.15, 0.2) is 5.78 Å². The molecule has 0 unspecified atom stereocenters. The summed E-state index contributed by atoms with van der Waals surface area (Å²) in [5.74, 6) is 0.255. The van der Waals surface area contributed by atoms with E-state index in [2.05, 4.69) is 15.2 Å². The zero-order valence-electron chi connectivity index (χ0n) is 10.1. The molecule has 1 fully saturated rings. The zero-order chi connectivity index (χ0) is 11.9. The first-order valence-corrected chi connectivity index (χ1v) is 6.19. The van der Waals surface area contributed by atoms with E-state index in [4.69, 9.17) is 0 Å². The summed E-state index contributed by atoms with van der Waals surface area (Å²) in [7, 11) is 0. The van der Waals surface area contributed by atoms with Crippen LogP contribution in [0, 0.1) is 0 Å². The molecule has 1 saturated heterocycles. The largest absolute Gasteiger partial charge is 0.315 e. The number of pyridine rings is 1. The summed E-state index contributed by atoms with van der Waals surface area (Å²) >= 11 is 0. The van der Waals surface area contributed by atoms with Crippen LogP contribution < -0.4 is 5.32 Å². The van der Waals surface area contributed by atoms with E-state index in [-0.39, 0.29) is 5.78 Å². The number of hydrogen-bond acceptors (Lipinski definition) is 4. The highest BCUT2D eigenvalue weighted by Crippen LogP contribution is 2.00. The maximum atomic E-state index is 11.9. The Hall–Kier alpha value is -1.26. The van der Waals surface area contributed by atoms with Crippen molar-refractivity contribution < 1.29 is 4.79 Å². The van der Waals surface area contributed by atoms with E-state index in [1.54, 1.807) is 6.20 Å². The average molecular weight is 233 g/mol. The van der Waals surface area contributed by atoms with Gasteiger partial charge in [-0.15, -0.1) is 0 Å². The van der Waals surface area contributed by atoms with Gasteiger partial charge in [-0.2, -0.15) is 0 Å². The van der Waals surface area contributed by atoms with Crippen LogP contribution >= 0.6 is 0 Å². The first kappa shape index (κ1) is 12.2. The van der Waals surface area contributed by atoms with Crippen LogP contribution in [0.25, 0.3) is 0 Å². The predicted molar refractivity (Wildman–Crippen MR) is 66.9 cm³/mol. The molecule has 1 aliphatic heterocycles. The van der Waals surface area contributed by atoms with Gasteiger partial charge in [-0.1, -0.05) is 6.07 Å². The molecular weight excluding hydrogens is 214 g/mol.